The first-order valence-electron chi connectivity index (χ1n) is 7.72. The van der Waals surface area contributed by atoms with E-state index in [9.17, 15) is 19.5 Å². The third kappa shape index (κ3) is 3.54. The molecule has 1 saturated heterocycles. The molecule has 0 radical (unpaired) electrons. The van der Waals surface area contributed by atoms with E-state index in [2.05, 4.69) is 0 Å². The Bertz CT molecular complexity index is 422. The molecule has 1 saturated carbocycles. The van der Waals surface area contributed by atoms with Crippen molar-refractivity contribution in [2.24, 2.45) is 17.8 Å². The van der Waals surface area contributed by atoms with Crippen LogP contribution in [0.1, 0.15) is 39.0 Å². The molecular formula is C15H23NO5. The minimum atomic E-state index is -0.884. The van der Waals surface area contributed by atoms with E-state index in [1.54, 1.807) is 11.8 Å². The van der Waals surface area contributed by atoms with Gasteiger partial charge in [-0.25, -0.2) is 0 Å². The van der Waals surface area contributed by atoms with Crippen molar-refractivity contribution in [3.63, 3.8) is 0 Å². The van der Waals surface area contributed by atoms with Crippen LogP contribution in [0.15, 0.2) is 0 Å². The van der Waals surface area contributed by atoms with Gasteiger partial charge in [0.05, 0.1) is 24.4 Å². The van der Waals surface area contributed by atoms with E-state index in [-0.39, 0.29) is 17.8 Å². The quantitative estimate of drug-likeness (QED) is 0.790. The summed E-state index contributed by atoms with van der Waals surface area (Å²) in [4.78, 5) is 37.2. The summed E-state index contributed by atoms with van der Waals surface area (Å²) in [5.74, 6) is -2.51. The maximum Gasteiger partial charge on any atom is 0.310 e. The molecule has 2 aliphatic rings. The predicted molar refractivity (Wildman–Crippen MR) is 74.4 cm³/mol. The Kier molecular flexibility index (Phi) is 5.20. The minimum absolute atomic E-state index is 0.103. The molecule has 3 atom stereocenters. The molecule has 6 heteroatoms. The first-order chi connectivity index (χ1) is 10.0. The van der Waals surface area contributed by atoms with Gasteiger partial charge in [0.15, 0.2) is 0 Å². The molecule has 1 unspecified atom stereocenters. The number of carboxylic acids is 1. The summed E-state index contributed by atoms with van der Waals surface area (Å²) in [5.41, 5.74) is 0. The zero-order valence-corrected chi connectivity index (χ0v) is 12.4. The Labute approximate surface area is 124 Å². The molecule has 2 fully saturated rings. The Balaban J connectivity index is 1.98. The highest BCUT2D eigenvalue weighted by atomic mass is 16.5. The zero-order valence-electron chi connectivity index (χ0n) is 12.4. The average molecular weight is 297 g/mol. The molecule has 6 nitrogen and oxygen atoms in total. The van der Waals surface area contributed by atoms with Crippen molar-refractivity contribution >= 4 is 17.8 Å². The number of carbonyl (C=O) groups is 3. The molecule has 118 valence electrons. The van der Waals surface area contributed by atoms with Gasteiger partial charge in [0.25, 0.3) is 0 Å². The van der Waals surface area contributed by atoms with Crippen molar-refractivity contribution in [1.82, 2.24) is 4.90 Å². The smallest absolute Gasteiger partial charge is 0.310 e. The van der Waals surface area contributed by atoms with E-state index in [1.807, 2.05) is 0 Å². The van der Waals surface area contributed by atoms with E-state index >= 15 is 0 Å². The fraction of sp³-hybridized carbons (Fsp3) is 0.800. The molecule has 0 aromatic rings. The van der Waals surface area contributed by atoms with Gasteiger partial charge in [0.2, 0.25) is 5.91 Å². The molecule has 1 heterocycles. The number of esters is 1. The lowest BCUT2D eigenvalue weighted by atomic mass is 9.92. The van der Waals surface area contributed by atoms with Crippen molar-refractivity contribution in [1.29, 1.82) is 0 Å². The van der Waals surface area contributed by atoms with Crippen LogP contribution in [0.25, 0.3) is 0 Å². The highest BCUT2D eigenvalue weighted by molar-refractivity contribution is 5.86. The second kappa shape index (κ2) is 6.91. The molecule has 21 heavy (non-hydrogen) atoms. The SMILES string of the molecule is CCOC(=O)C1CCCN(C(=O)[C@@H]2CCC[C@@H]2C(=O)O)C1. The lowest BCUT2D eigenvalue weighted by Crippen LogP contribution is -2.46. The van der Waals surface area contributed by atoms with E-state index in [1.165, 1.54) is 0 Å². The van der Waals surface area contributed by atoms with Crippen LogP contribution in [0.5, 0.6) is 0 Å². The van der Waals surface area contributed by atoms with Crippen LogP contribution in [0, 0.1) is 17.8 Å². The molecule has 0 aromatic carbocycles. The second-order valence-corrected chi connectivity index (χ2v) is 5.86. The molecule has 2 rings (SSSR count). The number of hydrogen-bond donors (Lipinski definition) is 1. The predicted octanol–water partition coefficient (Wildman–Crippen LogP) is 1.29. The number of nitrogens with zero attached hydrogens (tertiary/aromatic N) is 1. The molecule has 0 bridgehead atoms. The maximum atomic E-state index is 12.6. The first kappa shape index (κ1) is 15.8. The molecule has 1 amide bonds. The van der Waals surface area contributed by atoms with Gasteiger partial charge < -0.3 is 14.7 Å². The zero-order chi connectivity index (χ0) is 15.4. The Morgan fingerprint density at radius 2 is 1.86 bits per heavy atom. The van der Waals surface area contributed by atoms with Gasteiger partial charge in [0, 0.05) is 13.1 Å². The summed E-state index contributed by atoms with van der Waals surface area (Å²) in [6, 6.07) is 0. The Morgan fingerprint density at radius 1 is 1.14 bits per heavy atom. The lowest BCUT2D eigenvalue weighted by Gasteiger charge is -2.34. The second-order valence-electron chi connectivity index (χ2n) is 5.86. The van der Waals surface area contributed by atoms with Crippen molar-refractivity contribution in [2.45, 2.75) is 39.0 Å². The number of carbonyl (C=O) groups excluding carboxylic acids is 2. The number of carboxylic acid groups (broad SMARTS) is 1. The van der Waals surface area contributed by atoms with Crippen molar-refractivity contribution in [2.75, 3.05) is 19.7 Å². The van der Waals surface area contributed by atoms with Crippen molar-refractivity contribution in [3.05, 3.63) is 0 Å². The number of hydrogen-bond acceptors (Lipinski definition) is 4. The lowest BCUT2D eigenvalue weighted by molar-refractivity contribution is -0.154. The monoisotopic (exact) mass is 297 g/mol. The molecule has 1 aliphatic heterocycles. The maximum absolute atomic E-state index is 12.6. The Morgan fingerprint density at radius 3 is 2.52 bits per heavy atom. The summed E-state index contributed by atoms with van der Waals surface area (Å²) in [7, 11) is 0. The molecule has 0 aromatic heterocycles. The number of ether oxygens (including phenoxy) is 1. The first-order valence-corrected chi connectivity index (χ1v) is 7.72. The number of likely N-dealkylation sites (tertiary alicyclic amines) is 1. The topological polar surface area (TPSA) is 83.9 Å². The largest absolute Gasteiger partial charge is 0.481 e. The van der Waals surface area contributed by atoms with Crippen LogP contribution in [-0.4, -0.2) is 47.5 Å². The van der Waals surface area contributed by atoms with Crippen molar-refractivity contribution < 1.29 is 24.2 Å². The fourth-order valence-electron chi connectivity index (χ4n) is 3.42. The van der Waals surface area contributed by atoms with E-state index in [0.29, 0.717) is 32.5 Å². The van der Waals surface area contributed by atoms with E-state index in [4.69, 9.17) is 4.74 Å². The van der Waals surface area contributed by atoms with Crippen LogP contribution < -0.4 is 0 Å². The van der Waals surface area contributed by atoms with E-state index < -0.39 is 17.8 Å². The summed E-state index contributed by atoms with van der Waals surface area (Å²) in [6.07, 6.45) is 3.48. The summed E-state index contributed by atoms with van der Waals surface area (Å²) >= 11 is 0. The third-order valence-electron chi connectivity index (χ3n) is 4.50. The molecule has 1 aliphatic carbocycles. The van der Waals surface area contributed by atoms with Gasteiger partial charge in [0.1, 0.15) is 0 Å². The van der Waals surface area contributed by atoms with Crippen LogP contribution in [0.2, 0.25) is 0 Å². The fourth-order valence-corrected chi connectivity index (χ4v) is 3.42. The molecule has 1 N–H and O–H groups in total. The summed E-state index contributed by atoms with van der Waals surface area (Å²) in [6.45, 7) is 3.07. The summed E-state index contributed by atoms with van der Waals surface area (Å²) < 4.78 is 5.02. The average Bonchev–Trinajstić information content (AvgIpc) is 2.96. The van der Waals surface area contributed by atoms with E-state index in [0.717, 1.165) is 19.3 Å². The third-order valence-corrected chi connectivity index (χ3v) is 4.50. The van der Waals surface area contributed by atoms with Crippen molar-refractivity contribution in [3.8, 4) is 0 Å². The van der Waals surface area contributed by atoms with Crippen LogP contribution in [0.3, 0.4) is 0 Å². The number of amides is 1. The van der Waals surface area contributed by atoms with Gasteiger partial charge >= 0.3 is 11.9 Å². The van der Waals surface area contributed by atoms with Gasteiger partial charge in [-0.15, -0.1) is 0 Å². The van der Waals surface area contributed by atoms with Gasteiger partial charge in [-0.2, -0.15) is 0 Å². The molecular weight excluding hydrogens is 274 g/mol. The van der Waals surface area contributed by atoms with Crippen LogP contribution in [0.4, 0.5) is 0 Å². The Hall–Kier alpha value is -1.59. The highest BCUT2D eigenvalue weighted by Crippen LogP contribution is 2.34. The van der Waals surface area contributed by atoms with Crippen LogP contribution in [-0.2, 0) is 19.1 Å². The number of aliphatic carboxylic acids is 1. The molecule has 0 spiro atoms. The standard InChI is InChI=1S/C15H23NO5/c1-2-21-15(20)10-5-4-8-16(9-10)13(17)11-6-3-7-12(11)14(18)19/h10-12H,2-9H2,1H3,(H,18,19)/t10?,11-,12+/m1/s1. The number of piperidine rings is 1. The minimum Gasteiger partial charge on any atom is -0.481 e. The van der Waals surface area contributed by atoms with Gasteiger partial charge in [-0.05, 0) is 32.6 Å². The number of rotatable bonds is 4. The summed E-state index contributed by atoms with van der Waals surface area (Å²) in [5, 5.41) is 9.20. The highest BCUT2D eigenvalue weighted by Gasteiger charge is 2.41. The normalized spacial score (nSPS) is 29.2. The van der Waals surface area contributed by atoms with Gasteiger partial charge in [-0.3, -0.25) is 14.4 Å². The van der Waals surface area contributed by atoms with Crippen LogP contribution >= 0.6 is 0 Å². The van der Waals surface area contributed by atoms with Gasteiger partial charge in [-0.1, -0.05) is 6.42 Å².